The molecule has 0 amide bonds. The van der Waals surface area contributed by atoms with Crippen LogP contribution in [0.5, 0.6) is 0 Å². The molecule has 0 aromatic carbocycles. The second kappa shape index (κ2) is 14.7. The highest BCUT2D eigenvalue weighted by molar-refractivity contribution is 6.71. The predicted octanol–water partition coefficient (Wildman–Crippen LogP) is 3.29. The average molecular weight is 518 g/mol. The van der Waals surface area contributed by atoms with Gasteiger partial charge in [0.25, 0.3) is 0 Å². The van der Waals surface area contributed by atoms with Crippen LogP contribution >= 0.6 is 0 Å². The summed E-state index contributed by atoms with van der Waals surface area (Å²) < 4.78 is 51.8. The average Bonchev–Trinajstić information content (AvgIpc) is 2.78. The predicted molar refractivity (Wildman–Crippen MR) is 129 cm³/mol. The molecular weight excluding hydrogens is 473 g/mol. The van der Waals surface area contributed by atoms with Crippen LogP contribution in [0.15, 0.2) is 0 Å². The zero-order valence-corrected chi connectivity index (χ0v) is 25.5. The summed E-state index contributed by atoms with van der Waals surface area (Å²) in [6, 6.07) is 2.80. The summed E-state index contributed by atoms with van der Waals surface area (Å²) in [7, 11) is 5.62. The maximum atomic E-state index is 5.75. The summed E-state index contributed by atoms with van der Waals surface area (Å²) in [4.78, 5) is 0. The van der Waals surface area contributed by atoms with E-state index < -0.39 is 35.2 Å². The molecule has 0 aliphatic carbocycles. The highest BCUT2D eigenvalue weighted by atomic mass is 28.4. The van der Waals surface area contributed by atoms with Crippen molar-refractivity contribution in [3.05, 3.63) is 0 Å². The molecule has 0 fully saturated rings. The first-order chi connectivity index (χ1) is 14.6. The fourth-order valence-corrected chi connectivity index (χ4v) is 18.3. The molecule has 13 heteroatoms. The van der Waals surface area contributed by atoms with Gasteiger partial charge in [-0.15, -0.1) is 0 Å². The first-order valence-electron chi connectivity index (χ1n) is 10.4. The van der Waals surface area contributed by atoms with Crippen molar-refractivity contribution in [2.45, 2.75) is 55.5 Å². The van der Waals surface area contributed by atoms with Crippen LogP contribution in [0.25, 0.3) is 0 Å². The van der Waals surface area contributed by atoms with Crippen LogP contribution in [0.2, 0.25) is 34.8 Å². The molecule has 0 N–H and O–H groups in total. The lowest BCUT2D eigenvalue weighted by atomic mass is 10.5. The minimum atomic E-state index is -2.77. The third-order valence-electron chi connectivity index (χ3n) is 6.16. The van der Waals surface area contributed by atoms with Gasteiger partial charge in [0.1, 0.15) is 0 Å². The van der Waals surface area contributed by atoms with Crippen molar-refractivity contribution in [3.8, 4) is 0 Å². The number of hydrogen-bond acceptors (Lipinski definition) is 9. The monoisotopic (exact) mass is 517 g/mol. The lowest BCUT2D eigenvalue weighted by Crippen LogP contribution is -2.51. The molecule has 0 aliphatic rings. The highest BCUT2D eigenvalue weighted by Gasteiger charge is 2.51. The highest BCUT2D eigenvalue weighted by Crippen LogP contribution is 2.39. The molecule has 0 heterocycles. The minimum Gasteiger partial charge on any atom is -0.377 e. The molecule has 0 aromatic rings. The summed E-state index contributed by atoms with van der Waals surface area (Å²) in [5.41, 5.74) is 0.398. The molecule has 0 saturated carbocycles. The van der Waals surface area contributed by atoms with E-state index in [2.05, 4.69) is 20.8 Å². The second-order valence-electron chi connectivity index (χ2n) is 7.71. The maximum Gasteiger partial charge on any atom is 0.502 e. The number of rotatable bonds is 18. The van der Waals surface area contributed by atoms with Gasteiger partial charge in [-0.1, -0.05) is 38.9 Å². The molecule has 0 rings (SSSR count). The zero-order valence-electron chi connectivity index (χ0n) is 21.5. The van der Waals surface area contributed by atoms with Gasteiger partial charge in [0.2, 0.25) is 0 Å². The van der Waals surface area contributed by atoms with Gasteiger partial charge in [-0.2, -0.15) is 0 Å². The third-order valence-corrected chi connectivity index (χ3v) is 20.3. The van der Waals surface area contributed by atoms with Gasteiger partial charge in [0.05, 0.1) is 0 Å². The molecule has 0 bridgehead atoms. The van der Waals surface area contributed by atoms with E-state index in [1.165, 1.54) is 0 Å². The van der Waals surface area contributed by atoms with Gasteiger partial charge >= 0.3 is 26.4 Å². The molecule has 0 aliphatic heterocycles. The first-order valence-corrected chi connectivity index (χ1v) is 17.9. The van der Waals surface area contributed by atoms with E-state index >= 15 is 0 Å². The van der Waals surface area contributed by atoms with Gasteiger partial charge in [-0.3, -0.25) is 0 Å². The van der Waals surface area contributed by atoms with Crippen molar-refractivity contribution < 1.29 is 39.8 Å². The smallest absolute Gasteiger partial charge is 0.377 e. The Morgan fingerprint density at radius 1 is 0.419 bits per heavy atom. The van der Waals surface area contributed by atoms with Gasteiger partial charge in [-0.25, -0.2) is 0 Å². The lowest BCUT2D eigenvalue weighted by molar-refractivity contribution is 0.114. The van der Waals surface area contributed by atoms with E-state index in [-0.39, 0.29) is 16.6 Å². The quantitative estimate of drug-likeness (QED) is 0.254. The Hall–Kier alpha value is 0.508. The summed E-state index contributed by atoms with van der Waals surface area (Å²) in [5, 5.41) is 0. The van der Waals surface area contributed by atoms with E-state index in [9.17, 15) is 0 Å². The maximum absolute atomic E-state index is 5.75. The van der Waals surface area contributed by atoms with Crippen LogP contribution in [0.1, 0.15) is 20.8 Å². The van der Waals surface area contributed by atoms with E-state index in [0.717, 1.165) is 18.1 Å². The topological polar surface area (TPSA) is 83.1 Å². The Labute approximate surface area is 194 Å². The summed E-state index contributed by atoms with van der Waals surface area (Å²) in [6.07, 6.45) is 0. The number of hydrogen-bond donors (Lipinski definition) is 0. The molecule has 9 nitrogen and oxygen atoms in total. The molecule has 3 atom stereocenters. The molecule has 0 aromatic heterocycles. The van der Waals surface area contributed by atoms with Crippen LogP contribution in [0, 0.1) is 0 Å². The SMILES string of the molecule is CO[Si](OC)(OC)C(C)C[Si](CC(C)[Si](OC)(OC)OC)CC(C)[Si](OC)(OC)OC. The van der Waals surface area contributed by atoms with Crippen molar-refractivity contribution in [1.29, 1.82) is 0 Å². The van der Waals surface area contributed by atoms with Crippen molar-refractivity contribution in [3.63, 3.8) is 0 Å². The second-order valence-corrected chi connectivity index (χ2v) is 20.7. The molecule has 31 heavy (non-hydrogen) atoms. The zero-order chi connectivity index (χ0) is 24.3. The standard InChI is InChI=1S/C18H45O9Si4/c1-16(29(19-4,20-5)21-6)13-28(14-17(2)30(22-7,23-8)24-9)15-18(3)31(25-10,26-11)27-12/h16-18H,13-15H2,1-12H3. The van der Waals surface area contributed by atoms with Gasteiger partial charge in [-0.05, 0) is 0 Å². The Bertz CT molecular complexity index is 386. The minimum absolute atomic E-state index is 0.133. The molecule has 1 radical (unpaired) electrons. The third kappa shape index (κ3) is 7.50. The molecule has 0 spiro atoms. The van der Waals surface area contributed by atoms with E-state index in [0.29, 0.717) is 0 Å². The van der Waals surface area contributed by atoms with Crippen LogP contribution < -0.4 is 0 Å². The van der Waals surface area contributed by atoms with E-state index in [4.69, 9.17) is 39.8 Å². The van der Waals surface area contributed by atoms with Crippen molar-refractivity contribution in [2.24, 2.45) is 0 Å². The van der Waals surface area contributed by atoms with Crippen LogP contribution in [0.4, 0.5) is 0 Å². The molecule has 187 valence electrons. The largest absolute Gasteiger partial charge is 0.502 e. The van der Waals surface area contributed by atoms with E-state index in [1.54, 1.807) is 64.0 Å². The van der Waals surface area contributed by atoms with Gasteiger partial charge in [0.15, 0.2) is 0 Å². The van der Waals surface area contributed by atoms with Crippen LogP contribution in [0.3, 0.4) is 0 Å². The molecule has 0 saturated heterocycles. The Balaban J connectivity index is 5.86. The Morgan fingerprint density at radius 3 is 0.710 bits per heavy atom. The fraction of sp³-hybridized carbons (Fsp3) is 1.00. The Morgan fingerprint density at radius 2 is 0.581 bits per heavy atom. The first kappa shape index (κ1) is 31.5. The molecule has 3 unspecified atom stereocenters. The normalized spacial score (nSPS) is 16.5. The van der Waals surface area contributed by atoms with Crippen LogP contribution in [-0.2, 0) is 39.8 Å². The van der Waals surface area contributed by atoms with Crippen molar-refractivity contribution >= 4 is 35.2 Å². The van der Waals surface area contributed by atoms with E-state index in [1.807, 2.05) is 0 Å². The fourth-order valence-electron chi connectivity index (χ4n) is 4.48. The summed E-state index contributed by atoms with van der Waals surface area (Å²) in [5.74, 6) is 0. The summed E-state index contributed by atoms with van der Waals surface area (Å²) >= 11 is 0. The lowest BCUT2D eigenvalue weighted by Gasteiger charge is -2.37. The summed E-state index contributed by atoms with van der Waals surface area (Å²) in [6.45, 7) is 6.43. The van der Waals surface area contributed by atoms with Crippen LogP contribution in [-0.4, -0.2) is 99.2 Å². The van der Waals surface area contributed by atoms with Gasteiger partial charge in [0, 0.05) is 89.4 Å². The van der Waals surface area contributed by atoms with Crippen molar-refractivity contribution in [2.75, 3.05) is 64.0 Å². The van der Waals surface area contributed by atoms with Gasteiger partial charge < -0.3 is 39.8 Å². The molecular formula is C18H45O9Si4. The Kier molecular flexibility index (Phi) is 14.9. The van der Waals surface area contributed by atoms with Crippen molar-refractivity contribution in [1.82, 2.24) is 0 Å².